The number of unbranched alkanes of at least 4 members (excludes halogenated alkanes) is 3. The third-order valence-corrected chi connectivity index (χ3v) is 4.49. The lowest BCUT2D eigenvalue weighted by Gasteiger charge is -2.39. The van der Waals surface area contributed by atoms with Crippen LogP contribution in [-0.2, 0) is 0 Å². The van der Waals surface area contributed by atoms with Crippen LogP contribution in [0.2, 0.25) is 0 Å². The highest BCUT2D eigenvalue weighted by atomic mass is 15.4. The molecule has 0 saturated carbocycles. The molecule has 0 radical (unpaired) electrons. The third kappa shape index (κ3) is 5.00. The van der Waals surface area contributed by atoms with E-state index in [9.17, 15) is 0 Å². The van der Waals surface area contributed by atoms with E-state index >= 15 is 0 Å². The van der Waals surface area contributed by atoms with Crippen molar-refractivity contribution >= 4 is 11.8 Å². The SMILES string of the molecule is C=Cc1ccccc1[N+](CCCC)(CCCC)CCCC. The van der Waals surface area contributed by atoms with Crippen molar-refractivity contribution < 1.29 is 0 Å². The van der Waals surface area contributed by atoms with Gasteiger partial charge in [0.2, 0.25) is 0 Å². The number of nitrogens with zero attached hydrogens (tertiary/aromatic N) is 1. The summed E-state index contributed by atoms with van der Waals surface area (Å²) in [6.07, 6.45) is 9.76. The average Bonchev–Trinajstić information content (AvgIpc) is 2.54. The Morgan fingerprint density at radius 2 is 1.33 bits per heavy atom. The Bertz CT molecular complexity index is 386. The van der Waals surface area contributed by atoms with Crippen LogP contribution in [0.15, 0.2) is 30.8 Å². The first kappa shape index (κ1) is 18.0. The Morgan fingerprint density at radius 1 is 0.857 bits per heavy atom. The van der Waals surface area contributed by atoms with Crippen molar-refractivity contribution in [3.8, 4) is 0 Å². The van der Waals surface area contributed by atoms with E-state index in [4.69, 9.17) is 0 Å². The molecule has 1 rings (SSSR count). The van der Waals surface area contributed by atoms with Gasteiger partial charge < -0.3 is 0 Å². The summed E-state index contributed by atoms with van der Waals surface area (Å²) in [7, 11) is 0. The number of benzene rings is 1. The van der Waals surface area contributed by atoms with Crippen LogP contribution in [-0.4, -0.2) is 19.6 Å². The molecular weight excluding hydrogens is 254 g/mol. The maximum atomic E-state index is 4.04. The lowest BCUT2D eigenvalue weighted by Crippen LogP contribution is -2.51. The summed E-state index contributed by atoms with van der Waals surface area (Å²) in [5, 5.41) is 0. The topological polar surface area (TPSA) is 0 Å². The smallest absolute Gasteiger partial charge is 0.140 e. The first-order valence-corrected chi connectivity index (χ1v) is 8.82. The average molecular weight is 288 g/mol. The molecule has 0 saturated heterocycles. The summed E-state index contributed by atoms with van der Waals surface area (Å²) in [6.45, 7) is 14.7. The first-order chi connectivity index (χ1) is 10.2. The van der Waals surface area contributed by atoms with Crippen molar-refractivity contribution in [3.63, 3.8) is 0 Å². The van der Waals surface area contributed by atoms with Crippen molar-refractivity contribution in [2.45, 2.75) is 59.3 Å². The molecule has 1 aromatic carbocycles. The Morgan fingerprint density at radius 3 is 1.76 bits per heavy atom. The van der Waals surface area contributed by atoms with Crippen LogP contribution in [0.4, 0.5) is 5.69 Å². The van der Waals surface area contributed by atoms with E-state index in [0.717, 1.165) is 4.48 Å². The second-order valence-electron chi connectivity index (χ2n) is 6.14. The largest absolute Gasteiger partial charge is 0.291 e. The van der Waals surface area contributed by atoms with Crippen molar-refractivity contribution in [3.05, 3.63) is 36.4 Å². The Labute approximate surface area is 132 Å². The van der Waals surface area contributed by atoms with Gasteiger partial charge in [-0.1, -0.05) is 64.8 Å². The minimum absolute atomic E-state index is 1.15. The molecule has 0 bridgehead atoms. The minimum atomic E-state index is 1.15. The van der Waals surface area contributed by atoms with Crippen LogP contribution in [0.5, 0.6) is 0 Å². The number of quaternary nitrogens is 1. The number of hydrogen-bond acceptors (Lipinski definition) is 0. The zero-order valence-electron chi connectivity index (χ0n) is 14.4. The first-order valence-electron chi connectivity index (χ1n) is 8.82. The second-order valence-corrected chi connectivity index (χ2v) is 6.14. The molecule has 0 amide bonds. The van der Waals surface area contributed by atoms with Gasteiger partial charge in [0.25, 0.3) is 0 Å². The van der Waals surface area contributed by atoms with Crippen LogP contribution in [0, 0.1) is 0 Å². The van der Waals surface area contributed by atoms with Gasteiger partial charge in [-0.15, -0.1) is 0 Å². The molecular formula is C20H34N+. The Kier molecular flexibility index (Phi) is 8.37. The molecule has 0 unspecified atom stereocenters. The van der Waals surface area contributed by atoms with E-state index in [-0.39, 0.29) is 0 Å². The molecule has 1 aromatic rings. The lowest BCUT2D eigenvalue weighted by atomic mass is 10.1. The lowest BCUT2D eigenvalue weighted by molar-refractivity contribution is 0.259. The molecule has 0 N–H and O–H groups in total. The van der Waals surface area contributed by atoms with Crippen LogP contribution in [0.1, 0.15) is 64.9 Å². The van der Waals surface area contributed by atoms with Crippen molar-refractivity contribution in [2.24, 2.45) is 0 Å². The highest BCUT2D eigenvalue weighted by Crippen LogP contribution is 2.30. The third-order valence-electron chi connectivity index (χ3n) is 4.49. The maximum absolute atomic E-state index is 4.04. The molecule has 0 aliphatic rings. The second kappa shape index (κ2) is 9.78. The van der Waals surface area contributed by atoms with Crippen LogP contribution >= 0.6 is 0 Å². The molecule has 0 aliphatic heterocycles. The normalized spacial score (nSPS) is 11.6. The predicted molar refractivity (Wildman–Crippen MR) is 97.7 cm³/mol. The zero-order valence-corrected chi connectivity index (χ0v) is 14.4. The standard InChI is InChI=1S/C20H34N/c1-5-9-16-21(17-10-6-2,18-11-7-3)20-15-13-12-14-19(20)8-4/h8,12-15H,4-7,9-11,16-18H2,1-3H3/q+1. The summed E-state index contributed by atoms with van der Waals surface area (Å²) in [5.41, 5.74) is 2.81. The number of hydrogen-bond donors (Lipinski definition) is 0. The molecule has 0 atom stereocenters. The van der Waals surface area contributed by atoms with Crippen molar-refractivity contribution in [2.75, 3.05) is 19.6 Å². The summed E-state index contributed by atoms with van der Waals surface area (Å²) in [4.78, 5) is 0. The van der Waals surface area contributed by atoms with E-state index in [1.165, 1.54) is 69.4 Å². The molecule has 0 aromatic heterocycles. The van der Waals surface area contributed by atoms with Crippen molar-refractivity contribution in [1.82, 2.24) is 4.48 Å². The summed E-state index contributed by atoms with van der Waals surface area (Å²) < 4.78 is 1.15. The maximum Gasteiger partial charge on any atom is 0.140 e. The fourth-order valence-corrected chi connectivity index (χ4v) is 3.17. The highest BCUT2D eigenvalue weighted by Gasteiger charge is 2.30. The van der Waals surface area contributed by atoms with Crippen LogP contribution < -0.4 is 4.48 Å². The van der Waals surface area contributed by atoms with E-state index in [1.807, 2.05) is 6.08 Å². The van der Waals surface area contributed by atoms with E-state index in [0.29, 0.717) is 0 Å². The van der Waals surface area contributed by atoms with Gasteiger partial charge in [0.15, 0.2) is 0 Å². The van der Waals surface area contributed by atoms with Gasteiger partial charge in [-0.25, -0.2) is 0 Å². The quantitative estimate of drug-likeness (QED) is 0.436. The van der Waals surface area contributed by atoms with E-state index < -0.39 is 0 Å². The van der Waals surface area contributed by atoms with Crippen LogP contribution in [0.3, 0.4) is 0 Å². The van der Waals surface area contributed by atoms with Gasteiger partial charge in [-0.3, -0.25) is 4.48 Å². The highest BCUT2D eigenvalue weighted by molar-refractivity contribution is 5.65. The molecule has 0 fully saturated rings. The van der Waals surface area contributed by atoms with Gasteiger partial charge in [-0.05, 0) is 31.4 Å². The molecule has 21 heavy (non-hydrogen) atoms. The van der Waals surface area contributed by atoms with Crippen LogP contribution in [0.25, 0.3) is 6.08 Å². The number of para-hydroxylation sites is 1. The van der Waals surface area contributed by atoms with E-state index in [1.54, 1.807) is 0 Å². The minimum Gasteiger partial charge on any atom is -0.291 e. The summed E-state index contributed by atoms with van der Waals surface area (Å²) >= 11 is 0. The van der Waals surface area contributed by atoms with E-state index in [2.05, 4.69) is 51.6 Å². The Balaban J connectivity index is 3.19. The summed E-state index contributed by atoms with van der Waals surface area (Å²) in [6, 6.07) is 8.88. The molecule has 0 heterocycles. The molecule has 0 spiro atoms. The molecule has 1 heteroatoms. The molecule has 0 aliphatic carbocycles. The predicted octanol–water partition coefficient (Wildman–Crippen LogP) is 6.04. The zero-order chi connectivity index (χ0) is 15.6. The molecule has 118 valence electrons. The van der Waals surface area contributed by atoms with Gasteiger partial charge >= 0.3 is 0 Å². The molecule has 1 nitrogen and oxygen atoms in total. The fourth-order valence-electron chi connectivity index (χ4n) is 3.17. The van der Waals surface area contributed by atoms with Crippen molar-refractivity contribution in [1.29, 1.82) is 0 Å². The van der Waals surface area contributed by atoms with Gasteiger partial charge in [-0.2, -0.15) is 0 Å². The Hall–Kier alpha value is -1.08. The summed E-state index contributed by atoms with van der Waals surface area (Å²) in [5.74, 6) is 0. The van der Waals surface area contributed by atoms with Gasteiger partial charge in [0.1, 0.15) is 5.69 Å². The number of rotatable bonds is 11. The fraction of sp³-hybridized carbons (Fsp3) is 0.600. The van der Waals surface area contributed by atoms with Gasteiger partial charge in [0.05, 0.1) is 19.6 Å². The monoisotopic (exact) mass is 288 g/mol. The van der Waals surface area contributed by atoms with Gasteiger partial charge in [0, 0.05) is 5.56 Å².